The summed E-state index contributed by atoms with van der Waals surface area (Å²) >= 11 is 1.06. The number of nitrogens with one attached hydrogen (secondary N) is 1. The van der Waals surface area contributed by atoms with Crippen LogP contribution in [0.3, 0.4) is 0 Å². The zero-order valence-electron chi connectivity index (χ0n) is 17.6. The molecule has 1 aliphatic heterocycles. The topological polar surface area (TPSA) is 58.6 Å². The highest BCUT2D eigenvalue weighted by molar-refractivity contribution is 7.17. The van der Waals surface area contributed by atoms with E-state index in [0.717, 1.165) is 36.3 Å². The Hall–Kier alpha value is -2.60. The zero-order valence-corrected chi connectivity index (χ0v) is 18.4. The summed E-state index contributed by atoms with van der Waals surface area (Å²) < 4.78 is 83.6. The summed E-state index contributed by atoms with van der Waals surface area (Å²) in [6.45, 7) is 4.00. The minimum Gasteiger partial charge on any atom is -0.465 e. The number of thiophene rings is 1. The summed E-state index contributed by atoms with van der Waals surface area (Å²) in [5, 5.41) is 2.36. The number of nitrogens with zero attached hydrogens (tertiary/aromatic N) is 1. The van der Waals surface area contributed by atoms with Gasteiger partial charge in [-0.05, 0) is 43.1 Å². The van der Waals surface area contributed by atoms with Gasteiger partial charge in [-0.1, -0.05) is 6.92 Å². The van der Waals surface area contributed by atoms with Crippen molar-refractivity contribution in [3.63, 3.8) is 0 Å². The van der Waals surface area contributed by atoms with E-state index in [1.54, 1.807) is 0 Å². The molecule has 0 spiro atoms. The lowest BCUT2D eigenvalue weighted by Crippen LogP contribution is -2.30. The van der Waals surface area contributed by atoms with Gasteiger partial charge >= 0.3 is 18.3 Å². The predicted molar refractivity (Wildman–Crippen MR) is 109 cm³/mol. The Labute approximate surface area is 189 Å². The number of hydrogen-bond donors (Lipinski definition) is 1. The molecule has 3 rings (SSSR count). The minimum absolute atomic E-state index is 0.0289. The average molecular weight is 494 g/mol. The quantitative estimate of drug-likeness (QED) is 0.435. The molecule has 33 heavy (non-hydrogen) atoms. The van der Waals surface area contributed by atoms with Gasteiger partial charge < -0.3 is 10.1 Å². The lowest BCUT2D eigenvalue weighted by atomic mass is 10.0. The van der Waals surface area contributed by atoms with Crippen molar-refractivity contribution in [2.75, 3.05) is 25.5 Å². The van der Waals surface area contributed by atoms with Crippen molar-refractivity contribution in [2.45, 2.75) is 38.7 Å². The van der Waals surface area contributed by atoms with Crippen molar-refractivity contribution in [3.8, 4) is 0 Å². The number of methoxy groups -OCH3 is 1. The second kappa shape index (κ2) is 9.34. The number of benzene rings is 1. The van der Waals surface area contributed by atoms with Gasteiger partial charge in [0.1, 0.15) is 5.00 Å². The number of alkyl halides is 6. The van der Waals surface area contributed by atoms with E-state index in [1.165, 1.54) is 0 Å². The first-order chi connectivity index (χ1) is 15.3. The molecule has 0 bridgehead atoms. The lowest BCUT2D eigenvalue weighted by molar-refractivity contribution is -0.143. The molecule has 180 valence electrons. The molecule has 1 amide bonds. The third-order valence-corrected chi connectivity index (χ3v) is 6.27. The van der Waals surface area contributed by atoms with E-state index >= 15 is 0 Å². The van der Waals surface area contributed by atoms with Crippen molar-refractivity contribution in [2.24, 2.45) is 0 Å². The van der Waals surface area contributed by atoms with Crippen LogP contribution in [0.25, 0.3) is 0 Å². The number of fused-ring (bicyclic) bond motifs is 1. The average Bonchev–Trinajstić information content (AvgIpc) is 3.08. The number of amides is 1. The SMILES string of the molecule is CCCN1CCc2c(sc(NC(=O)c3cc(C(F)(F)F)cc(C(F)(F)F)c3)c2C(=O)OC)C1. The number of anilines is 1. The fourth-order valence-corrected chi connectivity index (χ4v) is 4.90. The monoisotopic (exact) mass is 494 g/mol. The Bertz CT molecular complexity index is 1030. The number of rotatable bonds is 5. The van der Waals surface area contributed by atoms with E-state index in [9.17, 15) is 35.9 Å². The molecule has 2 heterocycles. The van der Waals surface area contributed by atoms with Crippen molar-refractivity contribution < 1.29 is 40.7 Å². The molecule has 1 aromatic heterocycles. The van der Waals surface area contributed by atoms with E-state index < -0.39 is 40.9 Å². The highest BCUT2D eigenvalue weighted by atomic mass is 32.1. The number of carbonyl (C=O) groups excluding carboxylic acids is 2. The van der Waals surface area contributed by atoms with Crippen LogP contribution in [0.5, 0.6) is 0 Å². The summed E-state index contributed by atoms with van der Waals surface area (Å²) in [6, 6.07) is 0.639. The first-order valence-corrected chi connectivity index (χ1v) is 10.7. The van der Waals surface area contributed by atoms with Gasteiger partial charge in [0.15, 0.2) is 0 Å². The van der Waals surface area contributed by atoms with Gasteiger partial charge in [-0.25, -0.2) is 4.79 Å². The molecule has 0 saturated carbocycles. The molecule has 0 fully saturated rings. The molecule has 0 radical (unpaired) electrons. The van der Waals surface area contributed by atoms with Crippen LogP contribution in [-0.2, 0) is 30.1 Å². The minimum atomic E-state index is -5.09. The van der Waals surface area contributed by atoms with Crippen LogP contribution in [0.1, 0.15) is 55.6 Å². The Morgan fingerprint density at radius 2 is 1.70 bits per heavy atom. The zero-order chi connectivity index (χ0) is 24.6. The van der Waals surface area contributed by atoms with Gasteiger partial charge in [0.25, 0.3) is 5.91 Å². The number of hydrogen-bond acceptors (Lipinski definition) is 5. The van der Waals surface area contributed by atoms with Crippen LogP contribution in [0, 0.1) is 0 Å². The first-order valence-electron chi connectivity index (χ1n) is 9.91. The van der Waals surface area contributed by atoms with E-state index in [2.05, 4.69) is 10.2 Å². The largest absolute Gasteiger partial charge is 0.465 e. The van der Waals surface area contributed by atoms with Gasteiger partial charge in [0.2, 0.25) is 0 Å². The van der Waals surface area contributed by atoms with E-state index in [-0.39, 0.29) is 16.6 Å². The summed E-state index contributed by atoms with van der Waals surface area (Å²) in [5.74, 6) is -1.94. The van der Waals surface area contributed by atoms with Gasteiger partial charge in [0, 0.05) is 23.5 Å². The summed E-state index contributed by atoms with van der Waals surface area (Å²) in [7, 11) is 1.15. The fraction of sp³-hybridized carbons (Fsp3) is 0.429. The maximum absolute atomic E-state index is 13.1. The maximum Gasteiger partial charge on any atom is 0.416 e. The number of halogens is 6. The summed E-state index contributed by atoms with van der Waals surface area (Å²) in [6.07, 6.45) is -8.77. The van der Waals surface area contributed by atoms with Gasteiger partial charge in [0.05, 0.1) is 23.8 Å². The molecule has 1 aromatic carbocycles. The van der Waals surface area contributed by atoms with Crippen LogP contribution >= 0.6 is 11.3 Å². The van der Waals surface area contributed by atoms with E-state index in [4.69, 9.17) is 4.74 Å². The highest BCUT2D eigenvalue weighted by Gasteiger charge is 2.38. The number of esters is 1. The molecule has 5 nitrogen and oxygen atoms in total. The van der Waals surface area contributed by atoms with Crippen molar-refractivity contribution in [3.05, 3.63) is 50.9 Å². The molecule has 0 unspecified atom stereocenters. The van der Waals surface area contributed by atoms with E-state index in [0.29, 0.717) is 37.2 Å². The van der Waals surface area contributed by atoms with Crippen LogP contribution in [0.2, 0.25) is 0 Å². The smallest absolute Gasteiger partial charge is 0.416 e. The molecule has 1 N–H and O–H groups in total. The second-order valence-electron chi connectivity index (χ2n) is 7.47. The molecule has 2 aromatic rings. The molecule has 0 atom stereocenters. The van der Waals surface area contributed by atoms with Crippen molar-refractivity contribution in [1.29, 1.82) is 0 Å². The Morgan fingerprint density at radius 1 is 1.09 bits per heavy atom. The molecule has 0 saturated heterocycles. The van der Waals surface area contributed by atoms with Crippen molar-refractivity contribution >= 4 is 28.2 Å². The third kappa shape index (κ3) is 5.49. The molecular weight excluding hydrogens is 474 g/mol. The Kier molecular flexibility index (Phi) is 7.08. The van der Waals surface area contributed by atoms with Crippen LogP contribution < -0.4 is 5.32 Å². The first kappa shape index (κ1) is 25.0. The van der Waals surface area contributed by atoms with Gasteiger partial charge in [-0.2, -0.15) is 26.3 Å². The normalized spacial score (nSPS) is 14.7. The standard InChI is InChI=1S/C21H20F6N2O3S/c1-3-5-29-6-4-14-15(10-29)33-18(16(14)19(31)32-2)28-17(30)11-7-12(20(22,23)24)9-13(8-11)21(25,26)27/h7-9H,3-6,10H2,1-2H3,(H,28,30). The highest BCUT2D eigenvalue weighted by Crippen LogP contribution is 2.39. The van der Waals surface area contributed by atoms with Gasteiger partial charge in [-0.3, -0.25) is 9.69 Å². The number of ether oxygens (including phenoxy) is 1. The lowest BCUT2D eigenvalue weighted by Gasteiger charge is -2.26. The molecular formula is C21H20F6N2O3S. The maximum atomic E-state index is 13.1. The van der Waals surface area contributed by atoms with Gasteiger partial charge in [-0.15, -0.1) is 11.3 Å². The summed E-state index contributed by atoms with van der Waals surface area (Å²) in [4.78, 5) is 28.0. The van der Waals surface area contributed by atoms with Crippen molar-refractivity contribution in [1.82, 2.24) is 4.90 Å². The fourth-order valence-electron chi connectivity index (χ4n) is 3.63. The third-order valence-electron chi connectivity index (χ3n) is 5.14. The Balaban J connectivity index is 2.00. The molecule has 1 aliphatic rings. The summed E-state index contributed by atoms with van der Waals surface area (Å²) in [5.41, 5.74) is -3.29. The van der Waals surface area contributed by atoms with E-state index in [1.807, 2.05) is 6.92 Å². The second-order valence-corrected chi connectivity index (χ2v) is 8.58. The molecule has 12 heteroatoms. The Morgan fingerprint density at radius 3 is 2.21 bits per heavy atom. The van der Waals surface area contributed by atoms with Crippen LogP contribution in [0.4, 0.5) is 31.3 Å². The van der Waals surface area contributed by atoms with Crippen LogP contribution in [-0.4, -0.2) is 37.0 Å². The predicted octanol–water partition coefficient (Wildman–Crippen LogP) is 5.59. The number of carbonyl (C=O) groups is 2. The molecule has 0 aliphatic carbocycles. The van der Waals surface area contributed by atoms with Crippen LogP contribution in [0.15, 0.2) is 18.2 Å².